The molecule has 0 saturated carbocycles. The zero-order valence-corrected chi connectivity index (χ0v) is 27.1. The van der Waals surface area contributed by atoms with E-state index in [0.29, 0.717) is 26.2 Å². The highest BCUT2D eigenvalue weighted by Crippen LogP contribution is 2.19. The van der Waals surface area contributed by atoms with Crippen LogP contribution in [-0.2, 0) is 28.5 Å². The minimum atomic E-state index is -3.66. The van der Waals surface area contributed by atoms with Gasteiger partial charge < -0.3 is 14.2 Å². The molecule has 7 heteroatoms. The van der Waals surface area contributed by atoms with Gasteiger partial charge in [0.05, 0.1) is 24.7 Å². The highest BCUT2D eigenvalue weighted by atomic mass is 32.2. The largest absolute Gasteiger partial charge is 0.379 e. The van der Waals surface area contributed by atoms with Crippen molar-refractivity contribution in [3.63, 3.8) is 0 Å². The fourth-order valence-electron chi connectivity index (χ4n) is 5.25. The van der Waals surface area contributed by atoms with Crippen LogP contribution in [0.25, 0.3) is 0 Å². The molecule has 238 valence electrons. The second-order valence-corrected chi connectivity index (χ2v) is 13.5. The number of rotatable bonds is 27. The lowest BCUT2D eigenvalue weighted by Crippen LogP contribution is -2.19. The van der Waals surface area contributed by atoms with E-state index in [1.165, 1.54) is 96.3 Å². The molecule has 1 fully saturated rings. The van der Waals surface area contributed by atoms with Crippen LogP contribution in [0.5, 0.6) is 0 Å². The first kappa shape index (κ1) is 36.2. The Morgan fingerprint density at radius 2 is 1.22 bits per heavy atom. The van der Waals surface area contributed by atoms with E-state index in [4.69, 9.17) is 18.4 Å². The molecule has 0 spiro atoms. The van der Waals surface area contributed by atoms with Crippen molar-refractivity contribution in [2.24, 2.45) is 0 Å². The van der Waals surface area contributed by atoms with Crippen LogP contribution in [0, 0.1) is 6.92 Å². The van der Waals surface area contributed by atoms with E-state index in [1.54, 1.807) is 24.3 Å². The average molecular weight is 597 g/mol. The van der Waals surface area contributed by atoms with E-state index in [2.05, 4.69) is 6.92 Å². The van der Waals surface area contributed by atoms with Gasteiger partial charge in [0.2, 0.25) is 0 Å². The number of benzene rings is 1. The van der Waals surface area contributed by atoms with Crippen molar-refractivity contribution in [2.45, 2.75) is 160 Å². The first-order valence-electron chi connectivity index (χ1n) is 16.8. The summed E-state index contributed by atoms with van der Waals surface area (Å²) in [7, 11) is -3.66. The van der Waals surface area contributed by atoms with Crippen LogP contribution in [0.2, 0.25) is 0 Å². The lowest BCUT2D eigenvalue weighted by atomic mass is 10.0. The van der Waals surface area contributed by atoms with Crippen molar-refractivity contribution >= 4 is 10.1 Å². The minimum absolute atomic E-state index is 0.0386. The van der Waals surface area contributed by atoms with Gasteiger partial charge in [-0.3, -0.25) is 4.18 Å². The van der Waals surface area contributed by atoms with Gasteiger partial charge in [0.1, 0.15) is 6.10 Å². The molecule has 2 atom stereocenters. The average Bonchev–Trinajstić information content (AvgIpc) is 3.42. The topological polar surface area (TPSA) is 71.1 Å². The van der Waals surface area contributed by atoms with Crippen LogP contribution in [0.4, 0.5) is 0 Å². The molecule has 0 amide bonds. The first-order valence-corrected chi connectivity index (χ1v) is 18.2. The highest BCUT2D eigenvalue weighted by molar-refractivity contribution is 7.86. The SMILES string of the molecule is CCCCCCCCCCCCCCCCC[C@H]1OC[C@H](COCCCCCCOS(=O)(=O)c2ccc(C)cc2)O1. The predicted molar refractivity (Wildman–Crippen MR) is 168 cm³/mol. The number of hydrogen-bond acceptors (Lipinski definition) is 6. The maximum absolute atomic E-state index is 12.2. The lowest BCUT2D eigenvalue weighted by Gasteiger charge is -2.12. The number of aryl methyl sites for hydroxylation is 1. The Morgan fingerprint density at radius 3 is 1.80 bits per heavy atom. The summed E-state index contributed by atoms with van der Waals surface area (Å²) in [6.45, 7) is 6.31. The van der Waals surface area contributed by atoms with Crippen molar-refractivity contribution in [1.82, 2.24) is 0 Å². The van der Waals surface area contributed by atoms with Crippen molar-refractivity contribution in [1.29, 1.82) is 0 Å². The van der Waals surface area contributed by atoms with Crippen LogP contribution in [0.3, 0.4) is 0 Å². The second kappa shape index (κ2) is 23.5. The van der Waals surface area contributed by atoms with Gasteiger partial charge in [0, 0.05) is 6.61 Å². The summed E-state index contributed by atoms with van der Waals surface area (Å²) in [5.74, 6) is 0. The minimum Gasteiger partial charge on any atom is -0.379 e. The van der Waals surface area contributed by atoms with Gasteiger partial charge in [-0.2, -0.15) is 8.42 Å². The summed E-state index contributed by atoms with van der Waals surface area (Å²) in [5, 5.41) is 0. The Morgan fingerprint density at radius 1 is 0.707 bits per heavy atom. The van der Waals surface area contributed by atoms with Gasteiger partial charge in [0.25, 0.3) is 10.1 Å². The third kappa shape index (κ3) is 18.3. The van der Waals surface area contributed by atoms with Crippen LogP contribution in [-0.4, -0.2) is 47.2 Å². The monoisotopic (exact) mass is 596 g/mol. The summed E-state index contributed by atoms with van der Waals surface area (Å²) >= 11 is 0. The zero-order valence-electron chi connectivity index (χ0n) is 26.3. The Bertz CT molecular complexity index is 841. The Balaban J connectivity index is 1.31. The van der Waals surface area contributed by atoms with Gasteiger partial charge in [-0.25, -0.2) is 0 Å². The van der Waals surface area contributed by atoms with Crippen molar-refractivity contribution in [2.75, 3.05) is 26.4 Å². The fraction of sp³-hybridized carbons (Fsp3) is 0.824. The van der Waals surface area contributed by atoms with E-state index in [0.717, 1.165) is 31.2 Å². The van der Waals surface area contributed by atoms with E-state index in [9.17, 15) is 8.42 Å². The third-order valence-corrected chi connectivity index (χ3v) is 9.22. The highest BCUT2D eigenvalue weighted by Gasteiger charge is 2.25. The Kier molecular flexibility index (Phi) is 20.7. The van der Waals surface area contributed by atoms with Crippen LogP contribution >= 0.6 is 0 Å². The number of unbranched alkanes of at least 4 members (excludes halogenated alkanes) is 17. The summed E-state index contributed by atoms with van der Waals surface area (Å²) in [4.78, 5) is 0.215. The van der Waals surface area contributed by atoms with Gasteiger partial charge in [0.15, 0.2) is 6.29 Å². The van der Waals surface area contributed by atoms with Crippen molar-refractivity contribution < 1.29 is 26.8 Å². The number of hydrogen-bond donors (Lipinski definition) is 0. The molecule has 0 bridgehead atoms. The lowest BCUT2D eigenvalue weighted by molar-refractivity contribution is -0.0761. The number of ether oxygens (including phenoxy) is 3. The molecule has 1 heterocycles. The fourth-order valence-corrected chi connectivity index (χ4v) is 6.19. The van der Waals surface area contributed by atoms with Gasteiger partial charge >= 0.3 is 0 Å². The van der Waals surface area contributed by atoms with Crippen LogP contribution in [0.15, 0.2) is 29.2 Å². The standard InChI is InChI=1S/C34H60O6S/c1-3-4-5-6-7-8-9-10-11-12-13-14-15-16-19-22-34-38-30-32(40-34)29-37-27-20-17-18-21-28-39-41(35,36)33-25-23-31(2)24-26-33/h23-26,32,34H,3-22,27-30H2,1-2H3/t32-,34-/m0/s1. The molecule has 1 aromatic rings. The van der Waals surface area contributed by atoms with E-state index in [1.807, 2.05) is 6.92 Å². The predicted octanol–water partition coefficient (Wildman–Crippen LogP) is 9.28. The first-order chi connectivity index (χ1) is 20.0. The second-order valence-electron chi connectivity index (χ2n) is 11.8. The van der Waals surface area contributed by atoms with E-state index in [-0.39, 0.29) is 23.9 Å². The molecular weight excluding hydrogens is 536 g/mol. The summed E-state index contributed by atoms with van der Waals surface area (Å²) in [6.07, 6.45) is 25.2. The molecule has 1 aromatic carbocycles. The van der Waals surface area contributed by atoms with Gasteiger partial charge in [-0.15, -0.1) is 0 Å². The van der Waals surface area contributed by atoms with Gasteiger partial charge in [-0.05, 0) is 44.7 Å². The molecule has 1 aliphatic rings. The molecule has 0 radical (unpaired) electrons. The molecule has 6 nitrogen and oxygen atoms in total. The van der Waals surface area contributed by atoms with Crippen LogP contribution in [0.1, 0.15) is 141 Å². The molecule has 1 saturated heterocycles. The molecule has 1 aliphatic heterocycles. The molecule has 0 aromatic heterocycles. The van der Waals surface area contributed by atoms with Crippen molar-refractivity contribution in [3.8, 4) is 0 Å². The maximum atomic E-state index is 12.2. The van der Waals surface area contributed by atoms with Crippen LogP contribution < -0.4 is 0 Å². The third-order valence-electron chi connectivity index (χ3n) is 7.89. The summed E-state index contributed by atoms with van der Waals surface area (Å²) in [6, 6.07) is 6.73. The molecule has 41 heavy (non-hydrogen) atoms. The molecule has 0 N–H and O–H groups in total. The summed E-state index contributed by atoms with van der Waals surface area (Å²) in [5.41, 5.74) is 1.02. The molecular formula is C34H60O6S. The van der Waals surface area contributed by atoms with Crippen molar-refractivity contribution in [3.05, 3.63) is 29.8 Å². The Hall–Kier alpha value is -0.990. The van der Waals surface area contributed by atoms with E-state index >= 15 is 0 Å². The smallest absolute Gasteiger partial charge is 0.296 e. The molecule has 0 unspecified atom stereocenters. The quantitative estimate of drug-likeness (QED) is 0.0744. The van der Waals surface area contributed by atoms with Gasteiger partial charge in [-0.1, -0.05) is 127 Å². The normalized spacial score (nSPS) is 17.4. The zero-order chi connectivity index (χ0) is 29.4. The maximum Gasteiger partial charge on any atom is 0.296 e. The summed E-state index contributed by atoms with van der Waals surface area (Å²) < 4.78 is 47.1. The molecule has 2 rings (SSSR count). The van der Waals surface area contributed by atoms with E-state index < -0.39 is 10.1 Å². The molecule has 0 aliphatic carbocycles. The Labute approximate surface area is 252 Å².